The minimum absolute atomic E-state index is 0.413. The fourth-order valence-corrected chi connectivity index (χ4v) is 1.71. The van der Waals surface area contributed by atoms with Crippen LogP contribution >= 0.6 is 0 Å². The van der Waals surface area contributed by atoms with Gasteiger partial charge in [0.05, 0.1) is 0 Å². The Hall–Kier alpha value is -1.96. The van der Waals surface area contributed by atoms with Crippen LogP contribution in [0.25, 0.3) is 11.3 Å². The molecule has 1 saturated carbocycles. The van der Waals surface area contributed by atoms with E-state index < -0.39 is 0 Å². The van der Waals surface area contributed by atoms with Gasteiger partial charge >= 0.3 is 0 Å². The van der Waals surface area contributed by atoms with Crippen molar-refractivity contribution in [2.24, 2.45) is 0 Å². The minimum atomic E-state index is 0.413. The Labute approximate surface area is 109 Å². The average molecular weight is 264 g/mol. The Morgan fingerprint density at radius 1 is 1.21 bits per heavy atom. The molecule has 19 heavy (non-hydrogen) atoms. The zero-order valence-electron chi connectivity index (χ0n) is 10.7. The second kappa shape index (κ2) is 5.35. The third kappa shape index (κ3) is 2.90. The number of fused-ring (bicyclic) bond motifs is 1. The van der Waals surface area contributed by atoms with Crippen molar-refractivity contribution >= 4 is 22.9 Å². The van der Waals surface area contributed by atoms with Gasteiger partial charge in [0.15, 0.2) is 11.6 Å². The predicted octanol–water partition coefficient (Wildman–Crippen LogP) is 1.04. The van der Waals surface area contributed by atoms with Gasteiger partial charge in [-0.05, 0) is 29.6 Å². The van der Waals surface area contributed by atoms with Gasteiger partial charge in [-0.2, -0.15) is 0 Å². The Balaban J connectivity index is 1.77. The molecule has 2 heterocycles. The van der Waals surface area contributed by atoms with Crippen LogP contribution in [-0.4, -0.2) is 46.6 Å². The summed E-state index contributed by atoms with van der Waals surface area (Å²) in [5.41, 5.74) is 0.834. The van der Waals surface area contributed by atoms with Crippen LogP contribution in [-0.2, 0) is 4.74 Å². The zero-order valence-corrected chi connectivity index (χ0v) is 10.7. The molecule has 0 amide bonds. The number of nitrogens with one attached hydrogen (secondary N) is 2. The van der Waals surface area contributed by atoms with Crippen LogP contribution in [0, 0.1) is 0 Å². The van der Waals surface area contributed by atoms with Gasteiger partial charge in [-0.15, -0.1) is 0 Å². The number of hydrogen-bond donors (Lipinski definition) is 2. The molecule has 0 bridgehead atoms. The highest BCUT2D eigenvalue weighted by atomic mass is 16.6. The van der Waals surface area contributed by atoms with E-state index in [-0.39, 0.29) is 0 Å². The van der Waals surface area contributed by atoms with Crippen LogP contribution in [0.15, 0.2) is 4.63 Å². The molecule has 1 aliphatic carbocycles. The number of anilines is 2. The maximum absolute atomic E-state index is 5.01. The summed E-state index contributed by atoms with van der Waals surface area (Å²) in [5.74, 6) is 1.40. The van der Waals surface area contributed by atoms with Crippen molar-refractivity contribution in [1.82, 2.24) is 20.3 Å². The lowest BCUT2D eigenvalue weighted by molar-refractivity contribution is 0.198. The predicted molar refractivity (Wildman–Crippen MR) is 69.0 cm³/mol. The molecule has 0 atom stereocenters. The van der Waals surface area contributed by atoms with E-state index in [9.17, 15) is 0 Å². The number of hydrogen-bond acceptors (Lipinski definition) is 8. The fraction of sp³-hybridized carbons (Fsp3) is 0.636. The molecule has 0 aliphatic heterocycles. The van der Waals surface area contributed by atoms with E-state index in [1.807, 2.05) is 0 Å². The molecular weight excluding hydrogens is 248 g/mol. The Morgan fingerprint density at radius 3 is 2.63 bits per heavy atom. The summed E-state index contributed by atoms with van der Waals surface area (Å²) in [7, 11) is 1.69. The summed E-state index contributed by atoms with van der Waals surface area (Å²) < 4.78 is 9.65. The Morgan fingerprint density at radius 2 is 1.95 bits per heavy atom. The number of ether oxygens (including phenoxy) is 1. The Kier molecular flexibility index (Phi) is 3.41. The number of methoxy groups -OCH3 is 1. The first-order valence-electron chi connectivity index (χ1n) is 6.36. The van der Waals surface area contributed by atoms with Crippen molar-refractivity contribution in [3.05, 3.63) is 0 Å². The molecule has 2 aromatic rings. The van der Waals surface area contributed by atoms with E-state index in [4.69, 9.17) is 4.74 Å². The van der Waals surface area contributed by atoms with Crippen molar-refractivity contribution in [1.29, 1.82) is 0 Å². The molecule has 0 radical (unpaired) electrons. The van der Waals surface area contributed by atoms with Gasteiger partial charge in [0.25, 0.3) is 0 Å². The monoisotopic (exact) mass is 264 g/mol. The van der Waals surface area contributed by atoms with E-state index in [1.165, 1.54) is 12.8 Å². The highest BCUT2D eigenvalue weighted by Crippen LogP contribution is 2.27. The van der Waals surface area contributed by atoms with Crippen LogP contribution in [0.4, 0.5) is 11.6 Å². The molecule has 8 nitrogen and oxygen atoms in total. The van der Waals surface area contributed by atoms with Crippen molar-refractivity contribution in [3.63, 3.8) is 0 Å². The third-order valence-corrected chi connectivity index (χ3v) is 2.85. The van der Waals surface area contributed by atoms with Crippen LogP contribution in [0.2, 0.25) is 0 Å². The second-order valence-corrected chi connectivity index (χ2v) is 4.52. The molecule has 1 aliphatic rings. The van der Waals surface area contributed by atoms with Crippen molar-refractivity contribution < 1.29 is 9.37 Å². The summed E-state index contributed by atoms with van der Waals surface area (Å²) in [6.45, 7) is 1.47. The van der Waals surface area contributed by atoms with Gasteiger partial charge in [0, 0.05) is 26.3 Å². The van der Waals surface area contributed by atoms with Gasteiger partial charge in [-0.25, -0.2) is 14.6 Å². The van der Waals surface area contributed by atoms with Gasteiger partial charge in [0.1, 0.15) is 0 Å². The van der Waals surface area contributed by atoms with Crippen LogP contribution in [0.5, 0.6) is 0 Å². The van der Waals surface area contributed by atoms with Crippen molar-refractivity contribution in [2.75, 3.05) is 30.9 Å². The lowest BCUT2D eigenvalue weighted by atomic mass is 10.4. The minimum Gasteiger partial charge on any atom is -0.385 e. The molecule has 8 heteroatoms. The number of rotatable bonds is 7. The molecular formula is C11H16N6O2. The molecule has 0 saturated heterocycles. The van der Waals surface area contributed by atoms with Crippen molar-refractivity contribution in [2.45, 2.75) is 25.3 Å². The Bertz CT molecular complexity index is 553. The van der Waals surface area contributed by atoms with Gasteiger partial charge in [-0.3, -0.25) is 0 Å². The van der Waals surface area contributed by atoms with Crippen LogP contribution in [0.3, 0.4) is 0 Å². The van der Waals surface area contributed by atoms with E-state index >= 15 is 0 Å². The molecule has 0 aromatic carbocycles. The zero-order chi connectivity index (χ0) is 13.1. The summed E-state index contributed by atoms with van der Waals surface area (Å²) in [4.78, 5) is 8.75. The van der Waals surface area contributed by atoms with E-state index in [2.05, 4.69) is 35.5 Å². The van der Waals surface area contributed by atoms with E-state index in [0.717, 1.165) is 13.0 Å². The maximum atomic E-state index is 5.01. The normalized spacial score (nSPS) is 14.8. The van der Waals surface area contributed by atoms with Gasteiger partial charge in [-0.1, -0.05) is 0 Å². The topological polar surface area (TPSA) is 98.0 Å². The molecule has 2 N–H and O–H groups in total. The molecule has 0 spiro atoms. The fourth-order valence-electron chi connectivity index (χ4n) is 1.71. The maximum Gasteiger partial charge on any atom is 0.245 e. The first-order valence-corrected chi connectivity index (χ1v) is 6.36. The highest BCUT2D eigenvalue weighted by Gasteiger charge is 2.24. The first kappa shape index (κ1) is 12.1. The van der Waals surface area contributed by atoms with Crippen LogP contribution in [0.1, 0.15) is 19.3 Å². The number of nitrogens with zero attached hydrogens (tertiary/aromatic N) is 4. The van der Waals surface area contributed by atoms with E-state index in [0.29, 0.717) is 35.6 Å². The van der Waals surface area contributed by atoms with E-state index in [1.54, 1.807) is 7.11 Å². The summed E-state index contributed by atoms with van der Waals surface area (Å²) in [5, 5.41) is 14.0. The second-order valence-electron chi connectivity index (χ2n) is 4.52. The lowest BCUT2D eigenvalue weighted by Crippen LogP contribution is -2.12. The SMILES string of the molecule is COCCCNc1nc2nonc2nc1NC1CC1. The summed E-state index contributed by atoms with van der Waals surface area (Å²) >= 11 is 0. The quantitative estimate of drug-likeness (QED) is 0.716. The lowest BCUT2D eigenvalue weighted by Gasteiger charge is -2.10. The summed E-state index contributed by atoms with van der Waals surface area (Å²) in [6.07, 6.45) is 3.23. The molecule has 0 unspecified atom stereocenters. The van der Waals surface area contributed by atoms with Gasteiger partial charge in [0.2, 0.25) is 11.3 Å². The molecule has 2 aromatic heterocycles. The standard InChI is InChI=1S/C11H16N6O2/c1-18-6-2-5-12-8-9(13-7-3-4-7)15-11-10(14-8)16-19-17-11/h7H,2-6H2,1H3,(H,12,14,16)(H,13,15,17). The number of aromatic nitrogens is 4. The third-order valence-electron chi connectivity index (χ3n) is 2.85. The van der Waals surface area contributed by atoms with Crippen molar-refractivity contribution in [3.8, 4) is 0 Å². The highest BCUT2D eigenvalue weighted by molar-refractivity contribution is 5.73. The smallest absolute Gasteiger partial charge is 0.245 e. The molecule has 102 valence electrons. The van der Waals surface area contributed by atoms with Gasteiger partial charge < -0.3 is 15.4 Å². The first-order chi connectivity index (χ1) is 9.36. The average Bonchev–Trinajstić information content (AvgIpc) is 3.11. The summed E-state index contributed by atoms with van der Waals surface area (Å²) in [6, 6.07) is 0.492. The molecule has 3 rings (SSSR count). The van der Waals surface area contributed by atoms with Crippen LogP contribution < -0.4 is 10.6 Å². The molecule has 1 fully saturated rings. The largest absolute Gasteiger partial charge is 0.385 e.